The van der Waals surface area contributed by atoms with E-state index in [1.165, 1.54) is 6.08 Å². The third-order valence-electron chi connectivity index (χ3n) is 1.50. The Morgan fingerprint density at radius 1 is 1.33 bits per heavy atom. The number of carbonyl (C=O) groups is 2. The maximum absolute atomic E-state index is 10.8. The number of nitrogens with one attached hydrogen (secondary N) is 1. The molecule has 0 atom stereocenters. The number of aldehydes is 1. The van der Waals surface area contributed by atoms with Crippen molar-refractivity contribution in [1.29, 1.82) is 0 Å². The molecule has 0 unspecified atom stereocenters. The second-order valence-electron chi connectivity index (χ2n) is 2.43. The monoisotopic (exact) mass is 207 g/mol. The van der Waals surface area contributed by atoms with Gasteiger partial charge in [-0.1, -0.05) is 6.58 Å². The lowest BCUT2D eigenvalue weighted by molar-refractivity contribution is -0.111. The Balaban J connectivity index is 0.000000921. The van der Waals surface area contributed by atoms with Crippen LogP contribution in [0.1, 0.15) is 10.4 Å². The number of anilines is 1. The summed E-state index contributed by atoms with van der Waals surface area (Å²) in [6.45, 7) is 3.32. The highest BCUT2D eigenvalue weighted by molar-refractivity contribution is 5.99. The summed E-state index contributed by atoms with van der Waals surface area (Å²) in [5, 5.41) is 9.57. The quantitative estimate of drug-likeness (QED) is 0.578. The van der Waals surface area contributed by atoms with Crippen molar-refractivity contribution in [2.45, 2.75) is 0 Å². The van der Waals surface area contributed by atoms with Gasteiger partial charge >= 0.3 is 0 Å². The molecule has 1 rings (SSSR count). The van der Waals surface area contributed by atoms with E-state index in [0.717, 1.165) is 13.4 Å². The van der Waals surface area contributed by atoms with Gasteiger partial charge in [-0.2, -0.15) is 0 Å². The fourth-order valence-corrected chi connectivity index (χ4v) is 0.838. The zero-order valence-electron chi connectivity index (χ0n) is 8.43. The molecule has 80 valence electrons. The van der Waals surface area contributed by atoms with Gasteiger partial charge in [-0.15, -0.1) is 0 Å². The molecule has 0 radical (unpaired) electrons. The summed E-state index contributed by atoms with van der Waals surface area (Å²) in [6.07, 6.45) is 1.94. The third-order valence-corrected chi connectivity index (χ3v) is 1.50. The third kappa shape index (κ3) is 4.73. The zero-order chi connectivity index (χ0) is 11.7. The summed E-state index contributed by atoms with van der Waals surface area (Å²) in [5.41, 5.74) is 1.23. The van der Waals surface area contributed by atoms with E-state index in [1.54, 1.807) is 24.3 Å². The van der Waals surface area contributed by atoms with Gasteiger partial charge in [0.25, 0.3) is 0 Å². The van der Waals surface area contributed by atoms with Crippen molar-refractivity contribution in [3.63, 3.8) is 0 Å². The van der Waals surface area contributed by atoms with E-state index in [9.17, 15) is 9.59 Å². The largest absolute Gasteiger partial charge is 0.400 e. The number of rotatable bonds is 3. The summed E-state index contributed by atoms with van der Waals surface area (Å²) in [6, 6.07) is 6.58. The SMILES string of the molecule is C=CC(=O)Nc1ccc(C=O)cc1.CO. The van der Waals surface area contributed by atoms with E-state index in [1.807, 2.05) is 0 Å². The first-order valence-corrected chi connectivity index (χ1v) is 4.19. The summed E-state index contributed by atoms with van der Waals surface area (Å²) >= 11 is 0. The van der Waals surface area contributed by atoms with Crippen LogP contribution in [0.3, 0.4) is 0 Å². The Morgan fingerprint density at radius 2 is 1.87 bits per heavy atom. The average molecular weight is 207 g/mol. The summed E-state index contributed by atoms with van der Waals surface area (Å²) in [4.78, 5) is 21.1. The molecule has 0 aliphatic rings. The standard InChI is InChI=1S/C10H9NO2.CH4O/c1-2-10(13)11-9-5-3-8(7-12)4-6-9;1-2/h2-7H,1H2,(H,11,13);2H,1H3. The van der Waals surface area contributed by atoms with Gasteiger partial charge in [-0.05, 0) is 30.3 Å². The van der Waals surface area contributed by atoms with Crippen LogP contribution in [0.15, 0.2) is 36.9 Å². The normalized spacial score (nSPS) is 8.13. The minimum Gasteiger partial charge on any atom is -0.400 e. The first-order chi connectivity index (χ1) is 7.26. The van der Waals surface area contributed by atoms with Gasteiger partial charge in [0.2, 0.25) is 5.91 Å². The number of hydrogen-bond donors (Lipinski definition) is 2. The van der Waals surface area contributed by atoms with Crippen molar-refractivity contribution >= 4 is 17.9 Å². The van der Waals surface area contributed by atoms with E-state index in [-0.39, 0.29) is 5.91 Å². The van der Waals surface area contributed by atoms with Crippen LogP contribution >= 0.6 is 0 Å². The number of aliphatic hydroxyl groups excluding tert-OH is 1. The Bertz CT molecular complexity index is 330. The van der Waals surface area contributed by atoms with Crippen LogP contribution in [0.4, 0.5) is 5.69 Å². The molecule has 0 saturated carbocycles. The smallest absolute Gasteiger partial charge is 0.247 e. The molecule has 0 aromatic heterocycles. The lowest BCUT2D eigenvalue weighted by Gasteiger charge is -2.00. The minimum absolute atomic E-state index is 0.265. The maximum Gasteiger partial charge on any atom is 0.247 e. The molecule has 1 aromatic carbocycles. The molecular weight excluding hydrogens is 194 g/mol. The van der Waals surface area contributed by atoms with Crippen LogP contribution in [0.25, 0.3) is 0 Å². The highest BCUT2D eigenvalue weighted by Gasteiger charge is 1.95. The van der Waals surface area contributed by atoms with Crippen molar-refractivity contribution in [2.24, 2.45) is 0 Å². The van der Waals surface area contributed by atoms with Gasteiger partial charge in [0.1, 0.15) is 6.29 Å². The van der Waals surface area contributed by atoms with Gasteiger partial charge in [-0.3, -0.25) is 9.59 Å². The zero-order valence-corrected chi connectivity index (χ0v) is 8.43. The van der Waals surface area contributed by atoms with E-state index < -0.39 is 0 Å². The van der Waals surface area contributed by atoms with Crippen LogP contribution in [0.2, 0.25) is 0 Å². The second kappa shape index (κ2) is 7.46. The predicted octanol–water partition coefficient (Wildman–Crippen LogP) is 1.23. The van der Waals surface area contributed by atoms with Crippen molar-refractivity contribution in [1.82, 2.24) is 0 Å². The summed E-state index contributed by atoms with van der Waals surface area (Å²) in [7, 11) is 1.00. The average Bonchev–Trinajstić information content (AvgIpc) is 2.32. The molecule has 0 bridgehead atoms. The van der Waals surface area contributed by atoms with Gasteiger partial charge in [0.05, 0.1) is 0 Å². The lowest BCUT2D eigenvalue weighted by Crippen LogP contribution is -2.06. The molecule has 0 aliphatic carbocycles. The molecule has 0 saturated heterocycles. The summed E-state index contributed by atoms with van der Waals surface area (Å²) < 4.78 is 0. The van der Waals surface area contributed by atoms with Crippen molar-refractivity contribution in [3.05, 3.63) is 42.5 Å². The van der Waals surface area contributed by atoms with Crippen molar-refractivity contribution in [2.75, 3.05) is 12.4 Å². The Morgan fingerprint density at radius 3 is 2.27 bits per heavy atom. The highest BCUT2D eigenvalue weighted by atomic mass is 16.2. The van der Waals surface area contributed by atoms with E-state index >= 15 is 0 Å². The van der Waals surface area contributed by atoms with Crippen LogP contribution < -0.4 is 5.32 Å². The molecule has 4 heteroatoms. The molecule has 0 heterocycles. The topological polar surface area (TPSA) is 66.4 Å². The highest BCUT2D eigenvalue weighted by Crippen LogP contribution is 2.07. The molecule has 0 fully saturated rings. The molecule has 0 spiro atoms. The van der Waals surface area contributed by atoms with Gasteiger partial charge in [0, 0.05) is 18.4 Å². The van der Waals surface area contributed by atoms with E-state index in [0.29, 0.717) is 11.3 Å². The fraction of sp³-hybridized carbons (Fsp3) is 0.0909. The van der Waals surface area contributed by atoms with Crippen molar-refractivity contribution in [3.8, 4) is 0 Å². The van der Waals surface area contributed by atoms with Crippen LogP contribution in [0.5, 0.6) is 0 Å². The lowest BCUT2D eigenvalue weighted by atomic mass is 10.2. The van der Waals surface area contributed by atoms with Gasteiger partial charge in [0.15, 0.2) is 0 Å². The number of carbonyl (C=O) groups excluding carboxylic acids is 2. The molecule has 15 heavy (non-hydrogen) atoms. The Labute approximate surface area is 88.2 Å². The van der Waals surface area contributed by atoms with Crippen LogP contribution in [-0.2, 0) is 4.79 Å². The molecular formula is C11H13NO3. The van der Waals surface area contributed by atoms with E-state index in [2.05, 4.69) is 11.9 Å². The Kier molecular flexibility index (Phi) is 6.50. The molecule has 2 N–H and O–H groups in total. The van der Waals surface area contributed by atoms with E-state index in [4.69, 9.17) is 5.11 Å². The molecule has 4 nitrogen and oxygen atoms in total. The Hall–Kier alpha value is -1.94. The van der Waals surface area contributed by atoms with Gasteiger partial charge in [-0.25, -0.2) is 0 Å². The first-order valence-electron chi connectivity index (χ1n) is 4.19. The van der Waals surface area contributed by atoms with Crippen molar-refractivity contribution < 1.29 is 14.7 Å². The van der Waals surface area contributed by atoms with Crippen LogP contribution in [0, 0.1) is 0 Å². The van der Waals surface area contributed by atoms with Gasteiger partial charge < -0.3 is 10.4 Å². The minimum atomic E-state index is -0.265. The number of hydrogen-bond acceptors (Lipinski definition) is 3. The van der Waals surface area contributed by atoms with Crippen LogP contribution in [-0.4, -0.2) is 24.4 Å². The predicted molar refractivity (Wildman–Crippen MR) is 58.8 cm³/mol. The summed E-state index contributed by atoms with van der Waals surface area (Å²) in [5.74, 6) is -0.265. The number of aliphatic hydroxyl groups is 1. The molecule has 1 amide bonds. The molecule has 0 aliphatic heterocycles. The second-order valence-corrected chi connectivity index (χ2v) is 2.43. The number of amides is 1. The fourth-order valence-electron chi connectivity index (χ4n) is 0.838. The maximum atomic E-state index is 10.8. The first kappa shape index (κ1) is 13.1. The number of benzene rings is 1. The molecule has 1 aromatic rings.